The van der Waals surface area contributed by atoms with Gasteiger partial charge >= 0.3 is 0 Å². The van der Waals surface area contributed by atoms with Gasteiger partial charge in [0.15, 0.2) is 0 Å². The molecule has 0 bridgehead atoms. The van der Waals surface area contributed by atoms with Crippen LogP contribution in [0.3, 0.4) is 0 Å². The van der Waals surface area contributed by atoms with Gasteiger partial charge in [0, 0.05) is 12.6 Å². The van der Waals surface area contributed by atoms with E-state index in [0.717, 1.165) is 5.56 Å². The van der Waals surface area contributed by atoms with Crippen LogP contribution in [-0.4, -0.2) is 11.7 Å². The molecule has 1 aromatic carbocycles. The largest absolute Gasteiger partial charge is 0.396 e. The Morgan fingerprint density at radius 3 is 2.79 bits per heavy atom. The minimum atomic E-state index is -0.220. The minimum Gasteiger partial charge on any atom is -0.396 e. The van der Waals surface area contributed by atoms with Crippen molar-refractivity contribution in [1.82, 2.24) is 0 Å². The van der Waals surface area contributed by atoms with Gasteiger partial charge in [-0.15, -0.1) is 0 Å². The van der Waals surface area contributed by atoms with Crippen molar-refractivity contribution in [2.75, 3.05) is 6.61 Å². The third kappa shape index (κ3) is 2.79. The summed E-state index contributed by atoms with van der Waals surface area (Å²) in [5.74, 6) is -0.220. The van der Waals surface area contributed by atoms with Gasteiger partial charge in [-0.2, -0.15) is 0 Å². The molecule has 0 saturated carbocycles. The molecule has 0 spiro atoms. The Morgan fingerprint density at radius 2 is 2.21 bits per heavy atom. The molecule has 0 aromatic heterocycles. The van der Waals surface area contributed by atoms with E-state index < -0.39 is 0 Å². The highest BCUT2D eigenvalue weighted by Crippen LogP contribution is 2.18. The maximum absolute atomic E-state index is 13.2. The first-order valence-electron chi connectivity index (χ1n) is 4.77. The number of rotatable bonds is 4. The van der Waals surface area contributed by atoms with Gasteiger partial charge < -0.3 is 10.8 Å². The first-order chi connectivity index (χ1) is 6.65. The van der Waals surface area contributed by atoms with E-state index in [2.05, 4.69) is 0 Å². The van der Waals surface area contributed by atoms with Crippen molar-refractivity contribution in [3.63, 3.8) is 0 Å². The molecule has 3 heteroatoms. The fourth-order valence-electron chi connectivity index (χ4n) is 1.32. The fraction of sp³-hybridized carbons (Fsp3) is 0.455. The Morgan fingerprint density at radius 1 is 1.50 bits per heavy atom. The number of hydrogen-bond acceptors (Lipinski definition) is 2. The molecule has 14 heavy (non-hydrogen) atoms. The molecule has 1 atom stereocenters. The number of benzene rings is 1. The van der Waals surface area contributed by atoms with Gasteiger partial charge in [-0.1, -0.05) is 12.1 Å². The summed E-state index contributed by atoms with van der Waals surface area (Å²) in [7, 11) is 0. The molecular weight excluding hydrogens is 181 g/mol. The molecule has 0 aliphatic rings. The summed E-state index contributed by atoms with van der Waals surface area (Å²) in [4.78, 5) is 0. The van der Waals surface area contributed by atoms with Crippen LogP contribution in [0.2, 0.25) is 0 Å². The number of hydrogen-bond donors (Lipinski definition) is 2. The molecule has 1 aromatic rings. The van der Waals surface area contributed by atoms with Crippen LogP contribution in [0.15, 0.2) is 18.2 Å². The van der Waals surface area contributed by atoms with Crippen molar-refractivity contribution in [3.05, 3.63) is 35.1 Å². The maximum atomic E-state index is 13.2. The standard InChI is InChI=1S/C11H16FNO/c1-8-4-5-9(7-10(8)12)11(13)3-2-6-14/h4-5,7,11,14H,2-3,6,13H2,1H3/t11-/m0/s1. The summed E-state index contributed by atoms with van der Waals surface area (Å²) in [6.45, 7) is 1.85. The second kappa shape index (κ2) is 5.08. The molecule has 1 rings (SSSR count). The summed E-state index contributed by atoms with van der Waals surface area (Å²) >= 11 is 0. The molecule has 0 aliphatic carbocycles. The second-order valence-corrected chi connectivity index (χ2v) is 3.48. The van der Waals surface area contributed by atoms with Crippen LogP contribution >= 0.6 is 0 Å². The first-order valence-corrected chi connectivity index (χ1v) is 4.77. The SMILES string of the molecule is Cc1ccc([C@@H](N)CCCO)cc1F. The van der Waals surface area contributed by atoms with Gasteiger partial charge in [0.05, 0.1) is 0 Å². The predicted molar refractivity (Wildman–Crippen MR) is 54.4 cm³/mol. The van der Waals surface area contributed by atoms with E-state index in [0.29, 0.717) is 18.4 Å². The number of nitrogens with two attached hydrogens (primary N) is 1. The van der Waals surface area contributed by atoms with Crippen molar-refractivity contribution in [2.45, 2.75) is 25.8 Å². The first kappa shape index (κ1) is 11.1. The second-order valence-electron chi connectivity index (χ2n) is 3.48. The monoisotopic (exact) mass is 197 g/mol. The number of halogens is 1. The number of aliphatic hydroxyl groups excluding tert-OH is 1. The van der Waals surface area contributed by atoms with Gasteiger partial charge in [-0.25, -0.2) is 4.39 Å². The summed E-state index contributed by atoms with van der Waals surface area (Å²) in [6, 6.07) is 4.85. The molecule has 0 fully saturated rings. The lowest BCUT2D eigenvalue weighted by Gasteiger charge is -2.11. The highest BCUT2D eigenvalue weighted by Gasteiger charge is 2.07. The topological polar surface area (TPSA) is 46.2 Å². The van der Waals surface area contributed by atoms with Gasteiger partial charge in [0.2, 0.25) is 0 Å². The summed E-state index contributed by atoms with van der Waals surface area (Å²) in [5.41, 5.74) is 7.24. The zero-order valence-corrected chi connectivity index (χ0v) is 8.33. The van der Waals surface area contributed by atoms with Crippen LogP contribution in [0.1, 0.15) is 30.0 Å². The fourth-order valence-corrected chi connectivity index (χ4v) is 1.32. The minimum absolute atomic E-state index is 0.127. The maximum Gasteiger partial charge on any atom is 0.126 e. The molecule has 0 amide bonds. The van der Waals surface area contributed by atoms with Gasteiger partial charge in [0.25, 0.3) is 0 Å². The van der Waals surface area contributed by atoms with Crippen LogP contribution in [0, 0.1) is 12.7 Å². The van der Waals surface area contributed by atoms with Gasteiger partial charge in [-0.05, 0) is 37.0 Å². The molecule has 2 nitrogen and oxygen atoms in total. The number of aryl methyl sites for hydroxylation is 1. The van der Waals surface area contributed by atoms with Crippen molar-refractivity contribution in [1.29, 1.82) is 0 Å². The van der Waals surface area contributed by atoms with Crippen molar-refractivity contribution < 1.29 is 9.50 Å². The van der Waals surface area contributed by atoms with Crippen LogP contribution in [0.4, 0.5) is 4.39 Å². The van der Waals surface area contributed by atoms with Crippen LogP contribution in [0.5, 0.6) is 0 Å². The molecule has 3 N–H and O–H groups in total. The normalized spacial score (nSPS) is 12.9. The molecule has 0 radical (unpaired) electrons. The average Bonchev–Trinajstić information content (AvgIpc) is 2.18. The summed E-state index contributed by atoms with van der Waals surface area (Å²) in [6.07, 6.45) is 1.33. The zero-order valence-electron chi connectivity index (χ0n) is 8.33. The van der Waals surface area contributed by atoms with Crippen molar-refractivity contribution in [2.24, 2.45) is 5.73 Å². The molecule has 78 valence electrons. The third-order valence-corrected chi connectivity index (χ3v) is 2.30. The van der Waals surface area contributed by atoms with Crippen LogP contribution in [-0.2, 0) is 0 Å². The summed E-state index contributed by atoms with van der Waals surface area (Å²) < 4.78 is 13.2. The summed E-state index contributed by atoms with van der Waals surface area (Å²) in [5, 5.41) is 8.63. The molecule has 0 aliphatic heterocycles. The number of aliphatic hydroxyl groups is 1. The van der Waals surface area contributed by atoms with E-state index in [-0.39, 0.29) is 18.5 Å². The Hall–Kier alpha value is -0.930. The molecule has 0 heterocycles. The predicted octanol–water partition coefficient (Wildman–Crippen LogP) is 1.91. The Balaban J connectivity index is 2.70. The lowest BCUT2D eigenvalue weighted by molar-refractivity contribution is 0.280. The van der Waals surface area contributed by atoms with E-state index in [1.54, 1.807) is 13.0 Å². The van der Waals surface area contributed by atoms with E-state index in [9.17, 15) is 4.39 Å². The lowest BCUT2D eigenvalue weighted by atomic mass is 10.0. The van der Waals surface area contributed by atoms with Crippen molar-refractivity contribution in [3.8, 4) is 0 Å². The quantitative estimate of drug-likeness (QED) is 0.774. The van der Waals surface area contributed by atoms with Gasteiger partial charge in [0.1, 0.15) is 5.82 Å². The Bertz CT molecular complexity index is 301. The Labute approximate surface area is 83.6 Å². The van der Waals surface area contributed by atoms with Gasteiger partial charge in [-0.3, -0.25) is 0 Å². The third-order valence-electron chi connectivity index (χ3n) is 2.30. The highest BCUT2D eigenvalue weighted by molar-refractivity contribution is 5.25. The average molecular weight is 197 g/mol. The Kier molecular flexibility index (Phi) is 4.04. The molecule has 0 saturated heterocycles. The van der Waals surface area contributed by atoms with E-state index in [1.807, 2.05) is 6.07 Å². The van der Waals surface area contributed by atoms with E-state index >= 15 is 0 Å². The van der Waals surface area contributed by atoms with E-state index in [1.165, 1.54) is 6.07 Å². The molecule has 0 unspecified atom stereocenters. The van der Waals surface area contributed by atoms with Crippen LogP contribution < -0.4 is 5.73 Å². The lowest BCUT2D eigenvalue weighted by Crippen LogP contribution is -2.11. The smallest absolute Gasteiger partial charge is 0.126 e. The highest BCUT2D eigenvalue weighted by atomic mass is 19.1. The van der Waals surface area contributed by atoms with Crippen molar-refractivity contribution >= 4 is 0 Å². The zero-order chi connectivity index (χ0) is 10.6. The van der Waals surface area contributed by atoms with E-state index in [4.69, 9.17) is 10.8 Å². The molecular formula is C11H16FNO. The van der Waals surface area contributed by atoms with Crippen LogP contribution in [0.25, 0.3) is 0 Å².